The number of hydrogen-bond acceptors (Lipinski definition) is 4. The van der Waals surface area contributed by atoms with Gasteiger partial charge in [-0.3, -0.25) is 0 Å². The summed E-state index contributed by atoms with van der Waals surface area (Å²) in [6.07, 6.45) is 0. The summed E-state index contributed by atoms with van der Waals surface area (Å²) in [5.74, 6) is 0.134. The molecule has 0 amide bonds. The van der Waals surface area contributed by atoms with E-state index in [9.17, 15) is 4.79 Å². The molecule has 2 aromatic rings. The lowest BCUT2D eigenvalue weighted by Crippen LogP contribution is -2.01. The molecule has 1 aromatic heterocycles. The molecule has 1 heterocycles. The quantitative estimate of drug-likeness (QED) is 0.796. The smallest absolute Gasteiger partial charge is 0.339 e. The molecule has 0 bridgehead atoms. The van der Waals surface area contributed by atoms with Crippen LogP contribution in [0.4, 0.5) is 5.69 Å². The number of nitrogens with one attached hydrogen (secondary N) is 1. The van der Waals surface area contributed by atoms with Crippen LogP contribution in [0.1, 0.15) is 16.1 Å². The largest absolute Gasteiger partial charge is 0.497 e. The molecule has 0 radical (unpaired) electrons. The van der Waals surface area contributed by atoms with Crippen molar-refractivity contribution in [2.75, 3.05) is 20.0 Å². The Kier molecular flexibility index (Phi) is 3.56. The van der Waals surface area contributed by atoms with E-state index in [1.54, 1.807) is 32.2 Å². The van der Waals surface area contributed by atoms with Gasteiger partial charge in [-0.1, -0.05) is 0 Å². The summed E-state index contributed by atoms with van der Waals surface area (Å²) in [5, 5.41) is 9.16. The number of aromatic nitrogens is 1. The Labute approximate surface area is 116 Å². The minimum Gasteiger partial charge on any atom is -0.497 e. The normalized spacial score (nSPS) is 10.3. The topological polar surface area (TPSA) is 97.6 Å². The zero-order chi connectivity index (χ0) is 14.9. The molecule has 6 nitrogen and oxygen atoms in total. The van der Waals surface area contributed by atoms with Crippen LogP contribution >= 0.6 is 0 Å². The third kappa shape index (κ3) is 2.16. The first-order valence-corrected chi connectivity index (χ1v) is 5.93. The van der Waals surface area contributed by atoms with Crippen molar-refractivity contribution in [3.63, 3.8) is 0 Å². The molecule has 2 rings (SSSR count). The summed E-state index contributed by atoms with van der Waals surface area (Å²) in [6, 6.07) is 5.24. The number of aromatic amines is 1. The monoisotopic (exact) mass is 276 g/mol. The maximum absolute atomic E-state index is 11.2. The van der Waals surface area contributed by atoms with Crippen LogP contribution in [0.15, 0.2) is 18.2 Å². The summed E-state index contributed by atoms with van der Waals surface area (Å²) in [5.41, 5.74) is 7.92. The van der Waals surface area contributed by atoms with Gasteiger partial charge in [0.2, 0.25) is 0 Å². The molecular formula is C14H16N2O4. The number of methoxy groups -OCH3 is 2. The number of carboxylic acid groups (broad SMARTS) is 1. The van der Waals surface area contributed by atoms with E-state index in [2.05, 4.69) is 4.98 Å². The molecule has 0 fully saturated rings. The Hall–Kier alpha value is -2.63. The third-order valence-corrected chi connectivity index (χ3v) is 3.12. The Bertz CT molecular complexity index is 661. The summed E-state index contributed by atoms with van der Waals surface area (Å²) >= 11 is 0. The molecule has 0 saturated heterocycles. The summed E-state index contributed by atoms with van der Waals surface area (Å²) < 4.78 is 10.4. The van der Waals surface area contributed by atoms with Crippen LogP contribution in [-0.2, 0) is 0 Å². The minimum atomic E-state index is -1.06. The van der Waals surface area contributed by atoms with Crippen LogP contribution in [0.5, 0.6) is 11.5 Å². The lowest BCUT2D eigenvalue weighted by Gasteiger charge is -2.10. The second kappa shape index (κ2) is 5.16. The first-order valence-electron chi connectivity index (χ1n) is 5.93. The SMILES string of the molecule is COc1ccc(-c2[nH]c(C)c(C(=O)O)c2N)c(OC)c1. The van der Waals surface area contributed by atoms with E-state index in [4.69, 9.17) is 20.3 Å². The standard InChI is InChI=1S/C14H16N2O4/c1-7-11(14(17)18)12(15)13(16-7)9-5-4-8(19-2)6-10(9)20-3/h4-6,16H,15H2,1-3H3,(H,17,18). The fourth-order valence-electron chi connectivity index (χ4n) is 2.14. The number of ether oxygens (including phenoxy) is 2. The van der Waals surface area contributed by atoms with Gasteiger partial charge >= 0.3 is 5.97 Å². The van der Waals surface area contributed by atoms with Crippen LogP contribution in [0.3, 0.4) is 0 Å². The van der Waals surface area contributed by atoms with Gasteiger partial charge in [-0.15, -0.1) is 0 Å². The first kappa shape index (κ1) is 13.8. The minimum absolute atomic E-state index is 0.0814. The van der Waals surface area contributed by atoms with E-state index in [0.29, 0.717) is 28.5 Å². The van der Waals surface area contributed by atoms with E-state index < -0.39 is 5.97 Å². The number of benzene rings is 1. The van der Waals surface area contributed by atoms with E-state index in [1.807, 2.05) is 0 Å². The predicted octanol–water partition coefficient (Wildman–Crippen LogP) is 2.29. The number of rotatable bonds is 4. The van der Waals surface area contributed by atoms with Gasteiger partial charge in [0.15, 0.2) is 0 Å². The zero-order valence-electron chi connectivity index (χ0n) is 11.5. The van der Waals surface area contributed by atoms with Crippen LogP contribution in [0.25, 0.3) is 11.3 Å². The number of hydrogen-bond donors (Lipinski definition) is 3. The van der Waals surface area contributed by atoms with Gasteiger partial charge in [-0.25, -0.2) is 4.79 Å². The number of nitrogen functional groups attached to an aromatic ring is 1. The lowest BCUT2D eigenvalue weighted by molar-refractivity contribution is 0.0697. The van der Waals surface area contributed by atoms with Crippen LogP contribution in [0, 0.1) is 6.92 Å². The van der Waals surface area contributed by atoms with Gasteiger partial charge in [-0.2, -0.15) is 0 Å². The Morgan fingerprint density at radius 1 is 1.30 bits per heavy atom. The number of anilines is 1. The summed E-state index contributed by atoms with van der Waals surface area (Å²) in [4.78, 5) is 14.2. The van der Waals surface area contributed by atoms with E-state index in [-0.39, 0.29) is 11.3 Å². The second-order valence-electron chi connectivity index (χ2n) is 4.29. The first-order chi connectivity index (χ1) is 9.49. The molecule has 4 N–H and O–H groups in total. The highest BCUT2D eigenvalue weighted by Crippen LogP contribution is 2.37. The number of carboxylic acids is 1. The Balaban J connectivity index is 2.63. The van der Waals surface area contributed by atoms with Gasteiger partial charge in [0.05, 0.1) is 25.6 Å². The van der Waals surface area contributed by atoms with Gasteiger partial charge in [0.1, 0.15) is 17.1 Å². The van der Waals surface area contributed by atoms with Gasteiger partial charge in [0, 0.05) is 17.3 Å². The molecule has 0 atom stereocenters. The maximum Gasteiger partial charge on any atom is 0.339 e. The van der Waals surface area contributed by atoms with Gasteiger partial charge in [0.25, 0.3) is 0 Å². The average molecular weight is 276 g/mol. The molecule has 0 spiro atoms. The number of carbonyl (C=O) groups is 1. The lowest BCUT2D eigenvalue weighted by atomic mass is 10.1. The molecule has 0 unspecified atom stereocenters. The Morgan fingerprint density at radius 2 is 2.00 bits per heavy atom. The van der Waals surface area contributed by atoms with Crippen molar-refractivity contribution in [1.29, 1.82) is 0 Å². The average Bonchev–Trinajstić information content (AvgIpc) is 2.73. The molecule has 1 aromatic carbocycles. The molecule has 0 saturated carbocycles. The highest BCUT2D eigenvalue weighted by molar-refractivity contribution is 6.00. The predicted molar refractivity (Wildman–Crippen MR) is 75.4 cm³/mol. The third-order valence-electron chi connectivity index (χ3n) is 3.12. The second-order valence-corrected chi connectivity index (χ2v) is 4.29. The highest BCUT2D eigenvalue weighted by atomic mass is 16.5. The fourth-order valence-corrected chi connectivity index (χ4v) is 2.14. The molecule has 0 aliphatic carbocycles. The van der Waals surface area contributed by atoms with Crippen LogP contribution in [0.2, 0.25) is 0 Å². The van der Waals surface area contributed by atoms with Crippen molar-refractivity contribution in [2.45, 2.75) is 6.92 Å². The molecule has 6 heteroatoms. The number of H-pyrrole nitrogens is 1. The molecule has 106 valence electrons. The van der Waals surface area contributed by atoms with Crippen molar-refractivity contribution in [1.82, 2.24) is 4.98 Å². The highest BCUT2D eigenvalue weighted by Gasteiger charge is 2.21. The van der Waals surface area contributed by atoms with Crippen molar-refractivity contribution in [3.8, 4) is 22.8 Å². The summed E-state index contributed by atoms with van der Waals surface area (Å²) in [7, 11) is 3.09. The van der Waals surface area contributed by atoms with Crippen molar-refractivity contribution in [2.24, 2.45) is 0 Å². The fraction of sp³-hybridized carbons (Fsp3) is 0.214. The zero-order valence-corrected chi connectivity index (χ0v) is 11.5. The maximum atomic E-state index is 11.2. The molecule has 0 aliphatic heterocycles. The van der Waals surface area contributed by atoms with Crippen molar-refractivity contribution >= 4 is 11.7 Å². The van der Waals surface area contributed by atoms with E-state index in [0.717, 1.165) is 0 Å². The number of aromatic carboxylic acids is 1. The number of aryl methyl sites for hydroxylation is 1. The van der Waals surface area contributed by atoms with Crippen molar-refractivity contribution < 1.29 is 19.4 Å². The van der Waals surface area contributed by atoms with Crippen LogP contribution < -0.4 is 15.2 Å². The summed E-state index contributed by atoms with van der Waals surface area (Å²) in [6.45, 7) is 1.67. The van der Waals surface area contributed by atoms with E-state index >= 15 is 0 Å². The molecular weight excluding hydrogens is 260 g/mol. The van der Waals surface area contributed by atoms with Gasteiger partial charge in [-0.05, 0) is 19.1 Å². The van der Waals surface area contributed by atoms with E-state index in [1.165, 1.54) is 7.11 Å². The number of nitrogens with two attached hydrogens (primary N) is 1. The van der Waals surface area contributed by atoms with Gasteiger partial charge < -0.3 is 25.3 Å². The Morgan fingerprint density at radius 3 is 2.50 bits per heavy atom. The molecule has 0 aliphatic rings. The van der Waals surface area contributed by atoms with Crippen LogP contribution in [-0.4, -0.2) is 30.3 Å². The molecule has 20 heavy (non-hydrogen) atoms. The van der Waals surface area contributed by atoms with Crippen molar-refractivity contribution in [3.05, 3.63) is 29.5 Å².